The summed E-state index contributed by atoms with van der Waals surface area (Å²) in [6, 6.07) is 3.62. The molecule has 0 saturated heterocycles. The predicted octanol–water partition coefficient (Wildman–Crippen LogP) is 5.27. The second kappa shape index (κ2) is 4.96. The number of halogens is 3. The highest BCUT2D eigenvalue weighted by molar-refractivity contribution is 9.10. The molecule has 2 rings (SSSR count). The first kappa shape index (κ1) is 12.9. The third kappa shape index (κ3) is 2.47. The number of aliphatic hydroxyl groups excluding tert-OH is 1. The normalized spacial score (nSPS) is 13.1. The first-order valence-corrected chi connectivity index (χ1v) is 7.56. The van der Waals surface area contributed by atoms with Crippen LogP contribution in [0.3, 0.4) is 0 Å². The van der Waals surface area contributed by atoms with Crippen LogP contribution in [0.25, 0.3) is 0 Å². The number of rotatable bonds is 2. The topological polar surface area (TPSA) is 20.2 Å². The zero-order valence-electron chi connectivity index (χ0n) is 8.13. The monoisotopic (exact) mass is 356 g/mol. The Kier molecular flexibility index (Phi) is 3.99. The standard InChI is InChI=1S/C10H7BrCl2OS2/c1-4-6(11)3-7(15-4)9(14)5-2-8(12)16-10(5)13/h2-3,9,14H,1H3. The molecule has 6 heteroatoms. The first-order chi connectivity index (χ1) is 7.49. The average molecular weight is 358 g/mol. The minimum Gasteiger partial charge on any atom is -0.383 e. The zero-order chi connectivity index (χ0) is 11.9. The average Bonchev–Trinajstić information content (AvgIpc) is 2.70. The molecule has 1 unspecified atom stereocenters. The van der Waals surface area contributed by atoms with Crippen LogP contribution in [0.4, 0.5) is 0 Å². The number of aliphatic hydroxyl groups is 1. The molecule has 2 aromatic heterocycles. The largest absolute Gasteiger partial charge is 0.383 e. The lowest BCUT2D eigenvalue weighted by atomic mass is 10.2. The maximum Gasteiger partial charge on any atom is 0.116 e. The fourth-order valence-corrected chi connectivity index (χ4v) is 4.40. The van der Waals surface area contributed by atoms with Gasteiger partial charge in [-0.1, -0.05) is 23.2 Å². The van der Waals surface area contributed by atoms with E-state index >= 15 is 0 Å². The van der Waals surface area contributed by atoms with Gasteiger partial charge in [0, 0.05) is 19.8 Å². The molecule has 2 aromatic rings. The Morgan fingerprint density at radius 2 is 2.00 bits per heavy atom. The Morgan fingerprint density at radius 3 is 2.44 bits per heavy atom. The molecular formula is C10H7BrCl2OS2. The van der Waals surface area contributed by atoms with E-state index in [1.807, 2.05) is 13.0 Å². The van der Waals surface area contributed by atoms with E-state index in [4.69, 9.17) is 23.2 Å². The maximum atomic E-state index is 10.2. The van der Waals surface area contributed by atoms with E-state index in [1.165, 1.54) is 11.3 Å². The number of aryl methyl sites for hydroxylation is 1. The second-order valence-corrected chi connectivity index (χ2v) is 7.66. The quantitative estimate of drug-likeness (QED) is 0.776. The molecule has 0 aliphatic heterocycles. The van der Waals surface area contributed by atoms with Crippen LogP contribution in [0, 0.1) is 6.92 Å². The van der Waals surface area contributed by atoms with E-state index in [1.54, 1.807) is 17.4 Å². The Balaban J connectivity index is 2.38. The molecular weight excluding hydrogens is 351 g/mol. The fourth-order valence-electron chi connectivity index (χ4n) is 1.31. The van der Waals surface area contributed by atoms with Gasteiger partial charge in [0.1, 0.15) is 10.4 Å². The minimum atomic E-state index is -0.703. The van der Waals surface area contributed by atoms with Gasteiger partial charge in [-0.25, -0.2) is 0 Å². The lowest BCUT2D eigenvalue weighted by Gasteiger charge is -2.06. The molecule has 0 fully saturated rings. The van der Waals surface area contributed by atoms with Crippen molar-refractivity contribution < 1.29 is 5.11 Å². The van der Waals surface area contributed by atoms with Crippen LogP contribution in [0.5, 0.6) is 0 Å². The zero-order valence-corrected chi connectivity index (χ0v) is 12.9. The summed E-state index contributed by atoms with van der Waals surface area (Å²) < 4.78 is 2.13. The lowest BCUT2D eigenvalue weighted by Crippen LogP contribution is -1.95. The van der Waals surface area contributed by atoms with Crippen LogP contribution >= 0.6 is 61.8 Å². The van der Waals surface area contributed by atoms with Gasteiger partial charge in [0.2, 0.25) is 0 Å². The third-order valence-corrected chi connectivity index (χ3v) is 5.83. The van der Waals surface area contributed by atoms with Gasteiger partial charge in [-0.3, -0.25) is 0 Å². The molecule has 0 spiro atoms. The Hall–Kier alpha value is 0.420. The second-order valence-electron chi connectivity index (χ2n) is 3.23. The molecule has 0 amide bonds. The van der Waals surface area contributed by atoms with E-state index in [-0.39, 0.29) is 0 Å². The SMILES string of the molecule is Cc1sc(C(O)c2cc(Cl)sc2Cl)cc1Br. The van der Waals surface area contributed by atoms with Crippen molar-refractivity contribution in [2.75, 3.05) is 0 Å². The van der Waals surface area contributed by atoms with Crippen molar-refractivity contribution in [1.82, 2.24) is 0 Å². The Bertz CT molecular complexity index is 501. The third-order valence-electron chi connectivity index (χ3n) is 2.12. The summed E-state index contributed by atoms with van der Waals surface area (Å²) in [5.74, 6) is 0. The van der Waals surface area contributed by atoms with Crippen molar-refractivity contribution in [1.29, 1.82) is 0 Å². The van der Waals surface area contributed by atoms with Crippen LogP contribution in [-0.4, -0.2) is 5.11 Å². The molecule has 1 atom stereocenters. The smallest absolute Gasteiger partial charge is 0.116 e. The Labute approximate surface area is 120 Å². The molecule has 0 radical (unpaired) electrons. The van der Waals surface area contributed by atoms with Gasteiger partial charge >= 0.3 is 0 Å². The van der Waals surface area contributed by atoms with Gasteiger partial charge in [-0.2, -0.15) is 0 Å². The number of hydrogen-bond donors (Lipinski definition) is 1. The van der Waals surface area contributed by atoms with E-state index in [2.05, 4.69) is 15.9 Å². The van der Waals surface area contributed by atoms with Gasteiger partial charge in [0.25, 0.3) is 0 Å². The summed E-state index contributed by atoms with van der Waals surface area (Å²) in [6.45, 7) is 1.99. The molecule has 1 nitrogen and oxygen atoms in total. The number of hydrogen-bond acceptors (Lipinski definition) is 3. The van der Waals surface area contributed by atoms with Crippen LogP contribution in [-0.2, 0) is 0 Å². The molecule has 1 N–H and O–H groups in total. The van der Waals surface area contributed by atoms with E-state index in [9.17, 15) is 5.11 Å². The summed E-state index contributed by atoms with van der Waals surface area (Å²) in [7, 11) is 0. The van der Waals surface area contributed by atoms with Crippen molar-refractivity contribution in [3.8, 4) is 0 Å². The predicted molar refractivity (Wildman–Crippen MR) is 75.2 cm³/mol. The van der Waals surface area contributed by atoms with Crippen molar-refractivity contribution in [2.24, 2.45) is 0 Å². The summed E-state index contributed by atoms with van der Waals surface area (Å²) in [5, 5.41) is 10.2. The molecule has 0 aliphatic carbocycles. The fraction of sp³-hybridized carbons (Fsp3) is 0.200. The summed E-state index contributed by atoms with van der Waals surface area (Å²) in [6.07, 6.45) is -0.703. The highest BCUT2D eigenvalue weighted by Gasteiger charge is 2.19. The van der Waals surface area contributed by atoms with Crippen molar-refractivity contribution in [3.05, 3.63) is 40.6 Å². The van der Waals surface area contributed by atoms with Gasteiger partial charge in [-0.05, 0) is 35.0 Å². The van der Waals surface area contributed by atoms with Crippen LogP contribution < -0.4 is 0 Å². The van der Waals surface area contributed by atoms with Gasteiger partial charge in [0.05, 0.1) is 4.34 Å². The van der Waals surface area contributed by atoms with Crippen molar-refractivity contribution >= 4 is 61.8 Å². The molecule has 0 aromatic carbocycles. The maximum absolute atomic E-state index is 10.2. The molecule has 0 saturated carbocycles. The molecule has 86 valence electrons. The van der Waals surface area contributed by atoms with E-state index in [0.29, 0.717) is 14.2 Å². The number of thiophene rings is 2. The highest BCUT2D eigenvalue weighted by atomic mass is 79.9. The van der Waals surface area contributed by atoms with E-state index in [0.717, 1.165) is 14.2 Å². The van der Waals surface area contributed by atoms with Gasteiger partial charge in [-0.15, -0.1) is 22.7 Å². The van der Waals surface area contributed by atoms with Crippen LogP contribution in [0.2, 0.25) is 8.67 Å². The molecule has 0 aliphatic rings. The molecule has 16 heavy (non-hydrogen) atoms. The Morgan fingerprint density at radius 1 is 1.31 bits per heavy atom. The minimum absolute atomic E-state index is 0.541. The van der Waals surface area contributed by atoms with Gasteiger partial charge in [0.15, 0.2) is 0 Å². The summed E-state index contributed by atoms with van der Waals surface area (Å²) in [5.41, 5.74) is 0.672. The highest BCUT2D eigenvalue weighted by Crippen LogP contribution is 2.40. The van der Waals surface area contributed by atoms with Crippen molar-refractivity contribution in [2.45, 2.75) is 13.0 Å². The molecule has 0 bridgehead atoms. The van der Waals surface area contributed by atoms with Gasteiger partial charge < -0.3 is 5.11 Å². The van der Waals surface area contributed by atoms with Crippen molar-refractivity contribution in [3.63, 3.8) is 0 Å². The first-order valence-electron chi connectivity index (χ1n) is 4.37. The molecule has 2 heterocycles. The van der Waals surface area contributed by atoms with E-state index < -0.39 is 6.10 Å². The lowest BCUT2D eigenvalue weighted by molar-refractivity contribution is 0.225. The van der Waals surface area contributed by atoms with Crippen LogP contribution in [0.15, 0.2) is 16.6 Å². The van der Waals surface area contributed by atoms with Crippen LogP contribution in [0.1, 0.15) is 21.4 Å². The summed E-state index contributed by atoms with van der Waals surface area (Å²) >= 11 is 18.1. The summed E-state index contributed by atoms with van der Waals surface area (Å²) in [4.78, 5) is 1.99.